The molecule has 1 aromatic heterocycles. The zero-order valence-electron chi connectivity index (χ0n) is 15.9. The highest BCUT2D eigenvalue weighted by atomic mass is 16.5. The van der Waals surface area contributed by atoms with E-state index < -0.39 is 0 Å². The van der Waals surface area contributed by atoms with E-state index >= 15 is 0 Å². The van der Waals surface area contributed by atoms with Crippen LogP contribution >= 0.6 is 0 Å². The molecule has 0 unspecified atom stereocenters. The standard InChI is InChI=1S/C21H26N2O4/c1-14-19(23-21(27-14)15-8-10-18(26-2)11-9-15)12-17(24)13-20(25)22-16-6-4-3-5-7-16/h8-11,16H,3-7,12-13H2,1-2H3,(H,22,25). The predicted molar refractivity (Wildman–Crippen MR) is 102 cm³/mol. The van der Waals surface area contributed by atoms with Gasteiger partial charge >= 0.3 is 0 Å². The van der Waals surface area contributed by atoms with Crippen LogP contribution in [0, 0.1) is 6.92 Å². The number of carbonyl (C=O) groups is 2. The number of aryl methyl sites for hydroxylation is 1. The van der Waals surface area contributed by atoms with Gasteiger partial charge in [-0.1, -0.05) is 19.3 Å². The molecule has 0 radical (unpaired) electrons. The molecule has 1 fully saturated rings. The Morgan fingerprint density at radius 3 is 2.56 bits per heavy atom. The lowest BCUT2D eigenvalue weighted by Crippen LogP contribution is -2.37. The van der Waals surface area contributed by atoms with Gasteiger partial charge in [0.15, 0.2) is 0 Å². The summed E-state index contributed by atoms with van der Waals surface area (Å²) in [6, 6.07) is 7.58. The van der Waals surface area contributed by atoms with E-state index in [1.54, 1.807) is 14.0 Å². The van der Waals surface area contributed by atoms with Crippen molar-refractivity contribution in [3.63, 3.8) is 0 Å². The molecular formula is C21H26N2O4. The van der Waals surface area contributed by atoms with Gasteiger partial charge in [-0.2, -0.15) is 0 Å². The van der Waals surface area contributed by atoms with Gasteiger partial charge < -0.3 is 14.5 Å². The lowest BCUT2D eigenvalue weighted by atomic mass is 9.95. The fourth-order valence-electron chi connectivity index (χ4n) is 3.40. The molecule has 1 aliphatic carbocycles. The number of hydrogen-bond donors (Lipinski definition) is 1. The number of rotatable bonds is 7. The first-order valence-electron chi connectivity index (χ1n) is 9.47. The number of benzene rings is 1. The van der Waals surface area contributed by atoms with Crippen LogP contribution in [-0.2, 0) is 16.0 Å². The highest BCUT2D eigenvalue weighted by Gasteiger charge is 2.20. The Bertz CT molecular complexity index is 789. The molecule has 0 spiro atoms. The molecular weight excluding hydrogens is 344 g/mol. The number of ether oxygens (including phenoxy) is 1. The van der Waals surface area contributed by atoms with E-state index in [1.165, 1.54) is 6.42 Å². The van der Waals surface area contributed by atoms with Gasteiger partial charge in [-0.25, -0.2) is 4.98 Å². The minimum Gasteiger partial charge on any atom is -0.497 e. The van der Waals surface area contributed by atoms with Gasteiger partial charge in [-0.15, -0.1) is 0 Å². The summed E-state index contributed by atoms with van der Waals surface area (Å²) in [5.74, 6) is 1.47. The first kappa shape index (κ1) is 19.1. The molecule has 0 bridgehead atoms. The molecule has 0 atom stereocenters. The minimum atomic E-state index is -0.191. The Morgan fingerprint density at radius 1 is 1.19 bits per heavy atom. The number of nitrogens with one attached hydrogen (secondary N) is 1. The number of hydrogen-bond acceptors (Lipinski definition) is 5. The van der Waals surface area contributed by atoms with Crippen LogP contribution < -0.4 is 10.1 Å². The number of nitrogens with zero attached hydrogens (tertiary/aromatic N) is 1. The molecule has 144 valence electrons. The lowest BCUT2D eigenvalue weighted by Gasteiger charge is -2.22. The van der Waals surface area contributed by atoms with E-state index in [0.717, 1.165) is 37.0 Å². The van der Waals surface area contributed by atoms with Gasteiger partial charge in [0.1, 0.15) is 17.3 Å². The molecule has 1 N–H and O–H groups in total. The van der Waals surface area contributed by atoms with E-state index in [2.05, 4.69) is 10.3 Å². The van der Waals surface area contributed by atoms with Crippen molar-refractivity contribution < 1.29 is 18.7 Å². The van der Waals surface area contributed by atoms with Gasteiger partial charge in [0.2, 0.25) is 11.8 Å². The highest BCUT2D eigenvalue weighted by Crippen LogP contribution is 2.24. The summed E-state index contributed by atoms with van der Waals surface area (Å²) < 4.78 is 10.8. The smallest absolute Gasteiger partial charge is 0.227 e. The SMILES string of the molecule is COc1ccc(-c2nc(CC(=O)CC(=O)NC3CCCCC3)c(C)o2)cc1. The third-order valence-corrected chi connectivity index (χ3v) is 4.92. The van der Waals surface area contributed by atoms with Crippen LogP contribution in [0.3, 0.4) is 0 Å². The van der Waals surface area contributed by atoms with Crippen LogP contribution in [0.4, 0.5) is 0 Å². The molecule has 3 rings (SSSR count). The Balaban J connectivity index is 1.57. The summed E-state index contributed by atoms with van der Waals surface area (Å²) in [6.45, 7) is 1.78. The van der Waals surface area contributed by atoms with Crippen LogP contribution in [0.15, 0.2) is 28.7 Å². The molecule has 1 aliphatic rings. The largest absolute Gasteiger partial charge is 0.497 e. The van der Waals surface area contributed by atoms with Crippen LogP contribution in [0.5, 0.6) is 5.75 Å². The zero-order valence-corrected chi connectivity index (χ0v) is 15.9. The number of methoxy groups -OCH3 is 1. The Morgan fingerprint density at radius 2 is 1.89 bits per heavy atom. The predicted octanol–water partition coefficient (Wildman–Crippen LogP) is 3.61. The van der Waals surface area contributed by atoms with Gasteiger partial charge in [-0.05, 0) is 44.0 Å². The fourth-order valence-corrected chi connectivity index (χ4v) is 3.40. The second kappa shape index (κ2) is 8.84. The summed E-state index contributed by atoms with van der Waals surface area (Å²) >= 11 is 0. The van der Waals surface area contributed by atoms with E-state index in [9.17, 15) is 9.59 Å². The molecule has 1 aromatic carbocycles. The number of oxazole rings is 1. The quantitative estimate of drug-likeness (QED) is 0.753. The average molecular weight is 370 g/mol. The Labute approximate surface area is 159 Å². The molecule has 1 heterocycles. The number of carbonyl (C=O) groups excluding carboxylic acids is 2. The maximum Gasteiger partial charge on any atom is 0.227 e. The zero-order chi connectivity index (χ0) is 19.2. The van der Waals surface area contributed by atoms with E-state index in [-0.39, 0.29) is 30.6 Å². The van der Waals surface area contributed by atoms with Crippen LogP contribution in [0.2, 0.25) is 0 Å². The maximum atomic E-state index is 12.3. The summed E-state index contributed by atoms with van der Waals surface area (Å²) in [5, 5.41) is 2.98. The molecule has 1 amide bonds. The van der Waals surface area contributed by atoms with Gasteiger partial charge in [0, 0.05) is 11.6 Å². The van der Waals surface area contributed by atoms with E-state index in [0.29, 0.717) is 17.3 Å². The van der Waals surface area contributed by atoms with Gasteiger partial charge in [0.25, 0.3) is 0 Å². The van der Waals surface area contributed by atoms with Gasteiger partial charge in [-0.3, -0.25) is 9.59 Å². The molecule has 6 nitrogen and oxygen atoms in total. The third kappa shape index (κ3) is 5.18. The maximum absolute atomic E-state index is 12.3. The molecule has 1 saturated carbocycles. The van der Waals surface area contributed by atoms with Crippen molar-refractivity contribution in [2.75, 3.05) is 7.11 Å². The molecule has 6 heteroatoms. The molecule has 0 saturated heterocycles. The highest BCUT2D eigenvalue weighted by molar-refractivity contribution is 5.98. The average Bonchev–Trinajstić information content (AvgIpc) is 3.02. The minimum absolute atomic E-state index is 0.101. The summed E-state index contributed by atoms with van der Waals surface area (Å²) in [4.78, 5) is 28.8. The normalized spacial score (nSPS) is 14.7. The Hall–Kier alpha value is -2.63. The van der Waals surface area contributed by atoms with Crippen molar-refractivity contribution in [3.8, 4) is 17.2 Å². The number of aromatic nitrogens is 1. The Kier molecular flexibility index (Phi) is 6.27. The summed E-state index contributed by atoms with van der Waals surface area (Å²) in [5.41, 5.74) is 1.39. The fraction of sp³-hybridized carbons (Fsp3) is 0.476. The summed E-state index contributed by atoms with van der Waals surface area (Å²) in [7, 11) is 1.61. The van der Waals surface area contributed by atoms with Crippen molar-refractivity contribution in [2.24, 2.45) is 0 Å². The van der Waals surface area contributed by atoms with Crippen LogP contribution in [0.1, 0.15) is 50.0 Å². The van der Waals surface area contributed by atoms with Crippen molar-refractivity contribution in [3.05, 3.63) is 35.7 Å². The lowest BCUT2D eigenvalue weighted by molar-refractivity contribution is -0.128. The van der Waals surface area contributed by atoms with Gasteiger partial charge in [0.05, 0.1) is 25.6 Å². The van der Waals surface area contributed by atoms with Crippen LogP contribution in [0.25, 0.3) is 11.5 Å². The third-order valence-electron chi connectivity index (χ3n) is 4.92. The summed E-state index contributed by atoms with van der Waals surface area (Å²) in [6.07, 6.45) is 5.52. The van der Waals surface area contributed by atoms with Crippen molar-refractivity contribution in [1.29, 1.82) is 0 Å². The van der Waals surface area contributed by atoms with E-state index in [1.807, 2.05) is 24.3 Å². The molecule has 27 heavy (non-hydrogen) atoms. The second-order valence-electron chi connectivity index (χ2n) is 7.05. The molecule has 0 aliphatic heterocycles. The number of Topliss-reactive ketones (excluding diaryl/α,β-unsaturated/α-hetero) is 1. The van der Waals surface area contributed by atoms with E-state index in [4.69, 9.17) is 9.15 Å². The monoisotopic (exact) mass is 370 g/mol. The van der Waals surface area contributed by atoms with Crippen LogP contribution in [-0.4, -0.2) is 29.8 Å². The number of amides is 1. The molecule has 2 aromatic rings. The van der Waals surface area contributed by atoms with Crippen molar-refractivity contribution in [1.82, 2.24) is 10.3 Å². The second-order valence-corrected chi connectivity index (χ2v) is 7.05. The number of ketones is 1. The first-order valence-corrected chi connectivity index (χ1v) is 9.47. The first-order chi connectivity index (χ1) is 13.0. The van der Waals surface area contributed by atoms with Crippen molar-refractivity contribution in [2.45, 2.75) is 57.9 Å². The topological polar surface area (TPSA) is 81.4 Å². The van der Waals surface area contributed by atoms with Crippen molar-refractivity contribution >= 4 is 11.7 Å².